The van der Waals surface area contributed by atoms with Crippen molar-refractivity contribution >= 4 is 28.4 Å². The summed E-state index contributed by atoms with van der Waals surface area (Å²) in [6.45, 7) is 5.41. The average molecular weight is 394 g/mol. The first-order chi connectivity index (χ1) is 13.7. The van der Waals surface area contributed by atoms with Crippen molar-refractivity contribution in [2.24, 2.45) is 0 Å². The molecule has 0 amide bonds. The van der Waals surface area contributed by atoms with Gasteiger partial charge >= 0.3 is 0 Å². The third kappa shape index (κ3) is 4.18. The van der Waals surface area contributed by atoms with Gasteiger partial charge in [-0.1, -0.05) is 43.3 Å². The molecule has 0 saturated carbocycles. The molecule has 0 spiro atoms. The van der Waals surface area contributed by atoms with Gasteiger partial charge in [-0.3, -0.25) is 4.90 Å². The summed E-state index contributed by atoms with van der Waals surface area (Å²) in [5.41, 5.74) is 4.34. The number of hydrogen-bond donors (Lipinski definition) is 3. The van der Waals surface area contributed by atoms with Crippen LogP contribution in [0, 0.1) is 0 Å². The van der Waals surface area contributed by atoms with Crippen molar-refractivity contribution < 1.29 is 0 Å². The molecule has 3 N–H and O–H groups in total. The van der Waals surface area contributed by atoms with Gasteiger partial charge in [-0.05, 0) is 61.4 Å². The highest BCUT2D eigenvalue weighted by molar-refractivity contribution is 7.80. The summed E-state index contributed by atoms with van der Waals surface area (Å²) in [5.74, 6) is 0. The molecule has 5 nitrogen and oxygen atoms in total. The number of nitrogens with one attached hydrogen (secondary N) is 3. The van der Waals surface area contributed by atoms with Gasteiger partial charge in [0.25, 0.3) is 0 Å². The maximum atomic E-state index is 5.66. The van der Waals surface area contributed by atoms with Gasteiger partial charge in [0.1, 0.15) is 0 Å². The number of aromatic nitrogens is 2. The fourth-order valence-corrected chi connectivity index (χ4v) is 4.27. The first-order valence-electron chi connectivity index (χ1n) is 10.0. The Kier molecular flexibility index (Phi) is 5.88. The van der Waals surface area contributed by atoms with Crippen molar-refractivity contribution in [3.8, 4) is 0 Å². The number of likely N-dealkylation sites (N-methyl/N-ethyl adjacent to an activating group) is 1. The number of thiocarbonyl (C=S) groups is 1. The van der Waals surface area contributed by atoms with Crippen molar-refractivity contribution in [1.82, 2.24) is 25.5 Å². The van der Waals surface area contributed by atoms with Crippen molar-refractivity contribution in [1.29, 1.82) is 0 Å². The minimum atomic E-state index is -0.0141. The van der Waals surface area contributed by atoms with Gasteiger partial charge < -0.3 is 15.6 Å². The van der Waals surface area contributed by atoms with E-state index in [1.807, 2.05) is 12.1 Å². The smallest absolute Gasteiger partial charge is 0.167 e. The third-order valence-electron chi connectivity index (χ3n) is 5.59. The molecule has 0 bridgehead atoms. The van der Waals surface area contributed by atoms with E-state index in [1.165, 1.54) is 24.9 Å². The molecule has 2 heterocycles. The predicted molar refractivity (Wildman–Crippen MR) is 118 cm³/mol. The van der Waals surface area contributed by atoms with Gasteiger partial charge in [-0.25, -0.2) is 4.98 Å². The summed E-state index contributed by atoms with van der Waals surface area (Å²) in [4.78, 5) is 10.0. The van der Waals surface area contributed by atoms with Crippen molar-refractivity contribution in [3.63, 3.8) is 0 Å². The summed E-state index contributed by atoms with van der Waals surface area (Å²) >= 11 is 5.66. The van der Waals surface area contributed by atoms with E-state index in [-0.39, 0.29) is 6.04 Å². The Hall–Kier alpha value is -2.44. The predicted octanol–water partition coefficient (Wildman–Crippen LogP) is 3.60. The van der Waals surface area contributed by atoms with Crippen molar-refractivity contribution in [3.05, 3.63) is 66.0 Å². The maximum Gasteiger partial charge on any atom is 0.167 e. The van der Waals surface area contributed by atoms with E-state index in [1.54, 1.807) is 6.33 Å². The molecule has 146 valence electrons. The molecule has 28 heavy (non-hydrogen) atoms. The summed E-state index contributed by atoms with van der Waals surface area (Å²) in [6, 6.07) is 17.3. The van der Waals surface area contributed by atoms with E-state index in [4.69, 9.17) is 12.2 Å². The zero-order valence-electron chi connectivity index (χ0n) is 16.2. The monoisotopic (exact) mass is 393 g/mol. The van der Waals surface area contributed by atoms with Gasteiger partial charge in [0.2, 0.25) is 0 Å². The van der Waals surface area contributed by atoms with Gasteiger partial charge in [-0.2, -0.15) is 0 Å². The SMILES string of the molecule is CCN1CCC[C@@H]1CNC(=S)N[C@H](c1ccccc1)c1ccc2nc[nH]c2c1. The topological polar surface area (TPSA) is 56.0 Å². The van der Waals surface area contributed by atoms with Crippen LogP contribution in [0.4, 0.5) is 0 Å². The number of aromatic amines is 1. The van der Waals surface area contributed by atoms with Crippen LogP contribution < -0.4 is 10.6 Å². The molecule has 3 aromatic rings. The summed E-state index contributed by atoms with van der Waals surface area (Å²) < 4.78 is 0. The van der Waals surface area contributed by atoms with Crippen LogP contribution in [0.3, 0.4) is 0 Å². The normalized spacial score (nSPS) is 18.2. The number of nitrogens with zero attached hydrogens (tertiary/aromatic N) is 2. The van der Waals surface area contributed by atoms with E-state index in [9.17, 15) is 0 Å². The van der Waals surface area contributed by atoms with E-state index < -0.39 is 0 Å². The summed E-state index contributed by atoms with van der Waals surface area (Å²) in [6.07, 6.45) is 4.24. The highest BCUT2D eigenvalue weighted by Crippen LogP contribution is 2.24. The minimum Gasteiger partial charge on any atom is -0.361 e. The zero-order valence-corrected chi connectivity index (χ0v) is 17.0. The van der Waals surface area contributed by atoms with E-state index in [2.05, 4.69) is 68.8 Å². The quantitative estimate of drug-likeness (QED) is 0.559. The number of likely N-dealkylation sites (tertiary alicyclic amines) is 1. The fraction of sp³-hybridized carbons (Fsp3) is 0.364. The molecule has 6 heteroatoms. The number of hydrogen-bond acceptors (Lipinski definition) is 3. The molecule has 4 rings (SSSR count). The van der Waals surface area contributed by atoms with E-state index >= 15 is 0 Å². The van der Waals surface area contributed by atoms with Gasteiger partial charge in [-0.15, -0.1) is 0 Å². The molecule has 0 radical (unpaired) electrons. The highest BCUT2D eigenvalue weighted by atomic mass is 32.1. The number of rotatable bonds is 6. The van der Waals surface area contributed by atoms with Crippen LogP contribution in [0.15, 0.2) is 54.9 Å². The van der Waals surface area contributed by atoms with Gasteiger partial charge in [0.05, 0.1) is 23.4 Å². The van der Waals surface area contributed by atoms with Crippen LogP contribution in [0.25, 0.3) is 11.0 Å². The number of benzene rings is 2. The van der Waals surface area contributed by atoms with Gasteiger partial charge in [0.15, 0.2) is 5.11 Å². The largest absolute Gasteiger partial charge is 0.361 e. The lowest BCUT2D eigenvalue weighted by atomic mass is 9.98. The van der Waals surface area contributed by atoms with Crippen LogP contribution in [-0.4, -0.2) is 45.7 Å². The molecular weight excluding hydrogens is 366 g/mol. The Morgan fingerprint density at radius 3 is 2.93 bits per heavy atom. The Bertz CT molecular complexity index is 923. The number of imidazole rings is 1. The first-order valence-corrected chi connectivity index (χ1v) is 10.4. The lowest BCUT2D eigenvalue weighted by Crippen LogP contribution is -2.44. The summed E-state index contributed by atoms with van der Waals surface area (Å²) in [7, 11) is 0. The van der Waals surface area contributed by atoms with Crippen LogP contribution >= 0.6 is 12.2 Å². The molecule has 2 aromatic carbocycles. The highest BCUT2D eigenvalue weighted by Gasteiger charge is 2.23. The van der Waals surface area contributed by atoms with Crippen LogP contribution in [0.2, 0.25) is 0 Å². The second-order valence-corrected chi connectivity index (χ2v) is 7.71. The lowest BCUT2D eigenvalue weighted by Gasteiger charge is -2.26. The van der Waals surface area contributed by atoms with E-state index in [0.29, 0.717) is 11.2 Å². The summed E-state index contributed by atoms with van der Waals surface area (Å²) in [5, 5.41) is 7.68. The maximum absolute atomic E-state index is 5.66. The number of fused-ring (bicyclic) bond motifs is 1. The minimum absolute atomic E-state index is 0.0141. The lowest BCUT2D eigenvalue weighted by molar-refractivity contribution is 0.267. The first kappa shape index (κ1) is 18.9. The van der Waals surface area contributed by atoms with Crippen LogP contribution in [-0.2, 0) is 0 Å². The number of H-pyrrole nitrogens is 1. The zero-order chi connectivity index (χ0) is 19.3. The molecular formula is C22H27N5S. The Balaban J connectivity index is 1.50. The molecule has 2 atom stereocenters. The molecule has 1 saturated heterocycles. The second kappa shape index (κ2) is 8.71. The molecule has 1 aliphatic rings. The van der Waals surface area contributed by atoms with Crippen molar-refractivity contribution in [2.75, 3.05) is 19.6 Å². The molecule has 0 aliphatic carbocycles. The average Bonchev–Trinajstić information content (AvgIpc) is 3.39. The fourth-order valence-electron chi connectivity index (χ4n) is 4.07. The Labute approximate surface area is 171 Å². The van der Waals surface area contributed by atoms with Crippen LogP contribution in [0.1, 0.15) is 36.9 Å². The Morgan fingerprint density at radius 2 is 2.11 bits per heavy atom. The second-order valence-electron chi connectivity index (χ2n) is 7.30. The van der Waals surface area contributed by atoms with Gasteiger partial charge in [0, 0.05) is 12.6 Å². The molecule has 1 fully saturated rings. The van der Waals surface area contributed by atoms with Crippen molar-refractivity contribution in [2.45, 2.75) is 31.8 Å². The molecule has 0 unspecified atom stereocenters. The third-order valence-corrected chi connectivity index (χ3v) is 5.85. The standard InChI is InChI=1S/C22H27N5S/c1-2-27-12-6-9-18(27)14-23-22(28)26-21(16-7-4-3-5-8-16)17-10-11-19-20(13-17)25-15-24-19/h3-5,7-8,10-11,13,15,18,21H,2,6,9,12,14H2,1H3,(H,24,25)(H2,23,26,28)/t18-,21-/m1/s1. The molecule has 1 aliphatic heterocycles. The molecule has 1 aromatic heterocycles. The Morgan fingerprint density at radius 1 is 1.25 bits per heavy atom. The van der Waals surface area contributed by atoms with Crippen LogP contribution in [0.5, 0.6) is 0 Å². The van der Waals surface area contributed by atoms with E-state index in [0.717, 1.165) is 29.7 Å².